The molecule has 3 unspecified atom stereocenters. The fourth-order valence-electron chi connectivity index (χ4n) is 6.62. The van der Waals surface area contributed by atoms with Crippen LogP contribution in [0.15, 0.2) is 97.1 Å². The van der Waals surface area contributed by atoms with Crippen molar-refractivity contribution in [3.05, 3.63) is 125 Å². The summed E-state index contributed by atoms with van der Waals surface area (Å²) in [7, 11) is 0. The lowest BCUT2D eigenvalue weighted by atomic mass is 9.92. The molecule has 43 heavy (non-hydrogen) atoms. The Morgan fingerprint density at radius 1 is 0.884 bits per heavy atom. The second-order valence-corrected chi connectivity index (χ2v) is 11.5. The highest BCUT2D eigenvalue weighted by Crippen LogP contribution is 2.44. The minimum atomic E-state index is -0.269. The van der Waals surface area contributed by atoms with E-state index in [9.17, 15) is 9.59 Å². The molecule has 4 aromatic carbocycles. The van der Waals surface area contributed by atoms with Crippen molar-refractivity contribution < 1.29 is 19.1 Å². The molecule has 0 aromatic heterocycles. The molecular weight excluding hydrogens is 536 g/mol. The van der Waals surface area contributed by atoms with Gasteiger partial charge in [0.25, 0.3) is 5.91 Å². The largest absolute Gasteiger partial charge is 0.491 e. The van der Waals surface area contributed by atoms with E-state index in [1.165, 1.54) is 11.3 Å². The quantitative estimate of drug-likeness (QED) is 0.200. The number of ether oxygens (including phenoxy) is 2. The third-order valence-electron chi connectivity index (χ3n) is 8.84. The second kappa shape index (κ2) is 12.3. The Balaban J connectivity index is 1.13. The molecule has 0 aliphatic carbocycles. The molecule has 0 N–H and O–H groups in total. The van der Waals surface area contributed by atoms with Crippen molar-refractivity contribution in [3.63, 3.8) is 0 Å². The molecule has 1 amide bonds. The molecular formula is C37H38N2O4. The topological polar surface area (TPSA) is 59.1 Å². The molecule has 220 valence electrons. The molecule has 2 aliphatic rings. The van der Waals surface area contributed by atoms with Gasteiger partial charge in [-0.25, -0.2) is 0 Å². The van der Waals surface area contributed by atoms with Gasteiger partial charge in [0.1, 0.15) is 19.0 Å². The van der Waals surface area contributed by atoms with Gasteiger partial charge in [0.2, 0.25) is 0 Å². The van der Waals surface area contributed by atoms with E-state index in [0.29, 0.717) is 12.2 Å². The molecule has 0 radical (unpaired) electrons. The molecule has 4 aromatic rings. The van der Waals surface area contributed by atoms with Crippen molar-refractivity contribution in [1.29, 1.82) is 0 Å². The number of para-hydroxylation sites is 2. The van der Waals surface area contributed by atoms with Crippen molar-refractivity contribution in [2.75, 3.05) is 23.0 Å². The number of hydrogen-bond donors (Lipinski definition) is 0. The number of benzene rings is 4. The van der Waals surface area contributed by atoms with E-state index in [1.54, 1.807) is 0 Å². The van der Waals surface area contributed by atoms with Gasteiger partial charge in [-0.2, -0.15) is 0 Å². The SMILES string of the molecule is CCN1c2ccccc2CC1COc1ccc(C(=O)N2c3ccccc3C(CC(=O)OCc3ccccc3)C2C)c(C)c1. The van der Waals surface area contributed by atoms with Crippen LogP contribution < -0.4 is 14.5 Å². The van der Waals surface area contributed by atoms with Crippen LogP contribution in [0.25, 0.3) is 0 Å². The first kappa shape index (κ1) is 28.5. The fourth-order valence-corrected chi connectivity index (χ4v) is 6.62. The van der Waals surface area contributed by atoms with Crippen LogP contribution in [0.2, 0.25) is 0 Å². The Hall–Kier alpha value is -4.58. The van der Waals surface area contributed by atoms with Crippen LogP contribution in [0, 0.1) is 6.92 Å². The zero-order chi connectivity index (χ0) is 29.9. The zero-order valence-corrected chi connectivity index (χ0v) is 25.0. The van der Waals surface area contributed by atoms with E-state index in [2.05, 4.69) is 36.1 Å². The van der Waals surface area contributed by atoms with Crippen LogP contribution in [-0.2, 0) is 22.6 Å². The molecule has 0 spiro atoms. The fraction of sp³-hybridized carbons (Fsp3) is 0.297. The summed E-state index contributed by atoms with van der Waals surface area (Å²) in [4.78, 5) is 31.2. The zero-order valence-electron chi connectivity index (χ0n) is 25.0. The maximum Gasteiger partial charge on any atom is 0.306 e. The van der Waals surface area contributed by atoms with Gasteiger partial charge in [-0.3, -0.25) is 9.59 Å². The third kappa shape index (κ3) is 5.74. The molecule has 0 fully saturated rings. The summed E-state index contributed by atoms with van der Waals surface area (Å²) in [5, 5.41) is 0. The molecule has 6 rings (SSSR count). The van der Waals surface area contributed by atoms with Crippen LogP contribution in [0.5, 0.6) is 5.75 Å². The number of rotatable bonds is 9. The third-order valence-corrected chi connectivity index (χ3v) is 8.84. The molecule has 2 aliphatic heterocycles. The monoisotopic (exact) mass is 574 g/mol. The standard InChI is InChI=1S/C37H38N2O4/c1-4-38-29(21-28-14-8-10-16-34(28)38)24-42-30-18-19-31(25(2)20-30)37(41)39-26(3)33(32-15-9-11-17-35(32)39)22-36(40)43-23-27-12-6-5-7-13-27/h5-20,26,29,33H,4,21-24H2,1-3H3. The van der Waals surface area contributed by atoms with E-state index in [1.807, 2.05) is 91.5 Å². The van der Waals surface area contributed by atoms with Gasteiger partial charge >= 0.3 is 5.97 Å². The number of amides is 1. The molecule has 0 saturated carbocycles. The second-order valence-electron chi connectivity index (χ2n) is 11.5. The lowest BCUT2D eigenvalue weighted by molar-refractivity contribution is -0.145. The predicted octanol–water partition coefficient (Wildman–Crippen LogP) is 7.09. The summed E-state index contributed by atoms with van der Waals surface area (Å²) >= 11 is 0. The highest BCUT2D eigenvalue weighted by molar-refractivity contribution is 6.09. The summed E-state index contributed by atoms with van der Waals surface area (Å²) in [6.45, 7) is 7.89. The highest BCUT2D eigenvalue weighted by Gasteiger charge is 2.40. The predicted molar refractivity (Wildman–Crippen MR) is 170 cm³/mol. The summed E-state index contributed by atoms with van der Waals surface area (Å²) < 4.78 is 11.9. The Bertz CT molecular complexity index is 1620. The molecule has 0 saturated heterocycles. The van der Waals surface area contributed by atoms with Crippen LogP contribution in [0.4, 0.5) is 11.4 Å². The van der Waals surface area contributed by atoms with Crippen LogP contribution in [0.1, 0.15) is 58.8 Å². The first-order valence-electron chi connectivity index (χ1n) is 15.1. The Morgan fingerprint density at radius 3 is 2.37 bits per heavy atom. The molecule has 3 atom stereocenters. The van der Waals surface area contributed by atoms with Gasteiger partial charge < -0.3 is 19.3 Å². The molecule has 6 nitrogen and oxygen atoms in total. The van der Waals surface area contributed by atoms with Crippen molar-refractivity contribution in [2.24, 2.45) is 0 Å². The first-order chi connectivity index (χ1) is 20.9. The lowest BCUT2D eigenvalue weighted by Gasteiger charge is -2.27. The summed E-state index contributed by atoms with van der Waals surface area (Å²) in [5.74, 6) is 0.264. The number of carbonyl (C=O) groups is 2. The van der Waals surface area contributed by atoms with Gasteiger partial charge in [0.05, 0.1) is 12.5 Å². The van der Waals surface area contributed by atoms with Gasteiger partial charge in [-0.1, -0.05) is 66.7 Å². The van der Waals surface area contributed by atoms with Crippen molar-refractivity contribution in [3.8, 4) is 5.75 Å². The smallest absolute Gasteiger partial charge is 0.306 e. The molecule has 0 bridgehead atoms. The van der Waals surface area contributed by atoms with E-state index in [0.717, 1.165) is 41.1 Å². The van der Waals surface area contributed by atoms with E-state index in [4.69, 9.17) is 9.47 Å². The number of nitrogens with zero attached hydrogens (tertiary/aromatic N) is 2. The maximum atomic E-state index is 14.0. The van der Waals surface area contributed by atoms with Crippen LogP contribution >= 0.6 is 0 Å². The average Bonchev–Trinajstić information content (AvgIpc) is 3.53. The summed E-state index contributed by atoms with van der Waals surface area (Å²) in [6.07, 6.45) is 1.17. The normalized spacial score (nSPS) is 18.7. The van der Waals surface area contributed by atoms with Gasteiger partial charge in [-0.05, 0) is 79.8 Å². The van der Waals surface area contributed by atoms with Crippen LogP contribution in [-0.4, -0.2) is 37.1 Å². The number of hydrogen-bond acceptors (Lipinski definition) is 5. The minimum Gasteiger partial charge on any atom is -0.491 e. The van der Waals surface area contributed by atoms with E-state index in [-0.39, 0.29) is 42.9 Å². The number of anilines is 2. The lowest BCUT2D eigenvalue weighted by Crippen LogP contribution is -2.38. The number of fused-ring (bicyclic) bond motifs is 2. The van der Waals surface area contributed by atoms with E-state index >= 15 is 0 Å². The number of likely N-dealkylation sites (N-methyl/N-ethyl adjacent to an activating group) is 1. The Kier molecular flexibility index (Phi) is 8.19. The van der Waals surface area contributed by atoms with Crippen molar-refractivity contribution in [1.82, 2.24) is 0 Å². The van der Waals surface area contributed by atoms with Gasteiger partial charge in [0.15, 0.2) is 0 Å². The summed E-state index contributed by atoms with van der Waals surface area (Å²) in [5.41, 5.74) is 6.93. The molecule has 2 heterocycles. The molecule has 6 heteroatoms. The van der Waals surface area contributed by atoms with Crippen LogP contribution in [0.3, 0.4) is 0 Å². The number of esters is 1. The van der Waals surface area contributed by atoms with E-state index < -0.39 is 0 Å². The summed E-state index contributed by atoms with van der Waals surface area (Å²) in [6, 6.07) is 31.9. The van der Waals surface area contributed by atoms with Crippen molar-refractivity contribution >= 4 is 23.3 Å². The Labute approximate surface area is 253 Å². The number of carbonyl (C=O) groups excluding carboxylic acids is 2. The van der Waals surface area contributed by atoms with Crippen molar-refractivity contribution in [2.45, 2.75) is 58.2 Å². The maximum absolute atomic E-state index is 14.0. The van der Waals surface area contributed by atoms with Gasteiger partial charge in [0, 0.05) is 35.4 Å². The minimum absolute atomic E-state index is 0.0763. The average molecular weight is 575 g/mol. The Morgan fingerprint density at radius 2 is 1.60 bits per heavy atom. The highest BCUT2D eigenvalue weighted by atomic mass is 16.5. The van der Waals surface area contributed by atoms with Gasteiger partial charge in [-0.15, -0.1) is 0 Å². The first-order valence-corrected chi connectivity index (χ1v) is 15.1. The number of aryl methyl sites for hydroxylation is 1.